The van der Waals surface area contributed by atoms with Crippen LogP contribution in [0.5, 0.6) is 5.75 Å². The molecule has 164 valence electrons. The van der Waals surface area contributed by atoms with Gasteiger partial charge in [-0.05, 0) is 87.5 Å². The molecule has 4 rings (SSSR count). The van der Waals surface area contributed by atoms with Crippen LogP contribution < -0.4 is 10.2 Å². The highest BCUT2D eigenvalue weighted by Crippen LogP contribution is 2.49. The minimum absolute atomic E-state index is 0.246. The SMILES string of the molecule is COOC(=O)c1ccccc1-c1c2cc(Br)c(=O)c(Br)c-2oc2c(Br)c(OC)c(Br)cc12. The number of carbonyl (C=O) groups is 1. The van der Waals surface area contributed by atoms with Crippen molar-refractivity contribution in [3.63, 3.8) is 0 Å². The zero-order valence-corrected chi connectivity index (χ0v) is 22.8. The molecule has 32 heavy (non-hydrogen) atoms. The third-order valence-corrected chi connectivity index (χ3v) is 7.40. The number of benzene rings is 3. The number of carbonyl (C=O) groups excluding carboxylic acids is 1. The molecule has 0 saturated carbocycles. The summed E-state index contributed by atoms with van der Waals surface area (Å²) in [6, 6.07) is 10.5. The molecule has 0 amide bonds. The number of fused-ring (bicyclic) bond motifs is 2. The number of hydrogen-bond acceptors (Lipinski definition) is 6. The molecule has 1 heterocycles. The summed E-state index contributed by atoms with van der Waals surface area (Å²) in [7, 11) is 2.80. The number of rotatable bonds is 4. The van der Waals surface area contributed by atoms with Gasteiger partial charge in [0, 0.05) is 16.5 Å². The van der Waals surface area contributed by atoms with Gasteiger partial charge in [-0.15, -0.1) is 0 Å². The van der Waals surface area contributed by atoms with E-state index in [-0.39, 0.29) is 15.5 Å². The minimum Gasteiger partial charge on any atom is -0.494 e. The highest BCUT2D eigenvalue weighted by atomic mass is 79.9. The maximum absolute atomic E-state index is 12.7. The first kappa shape index (κ1) is 23.4. The summed E-state index contributed by atoms with van der Waals surface area (Å²) in [5, 5.41) is 0.673. The van der Waals surface area contributed by atoms with E-state index in [1.54, 1.807) is 30.3 Å². The normalized spacial score (nSPS) is 11.2. The summed E-state index contributed by atoms with van der Waals surface area (Å²) in [6.45, 7) is 0. The molecule has 0 unspecified atom stereocenters. The topological polar surface area (TPSA) is 75.0 Å². The summed E-state index contributed by atoms with van der Waals surface area (Å²) in [4.78, 5) is 34.6. The van der Waals surface area contributed by atoms with Crippen molar-refractivity contribution in [1.29, 1.82) is 0 Å². The summed E-state index contributed by atoms with van der Waals surface area (Å²) in [6.07, 6.45) is 0. The van der Waals surface area contributed by atoms with Crippen LogP contribution in [-0.2, 0) is 9.78 Å². The monoisotopic (exact) mass is 688 g/mol. The van der Waals surface area contributed by atoms with E-state index < -0.39 is 5.97 Å². The Morgan fingerprint density at radius 1 is 0.938 bits per heavy atom. The molecule has 6 nitrogen and oxygen atoms in total. The van der Waals surface area contributed by atoms with Gasteiger partial charge < -0.3 is 9.15 Å². The molecule has 0 fully saturated rings. The summed E-state index contributed by atoms with van der Waals surface area (Å²) < 4.78 is 13.5. The molecule has 2 aromatic carbocycles. The molecule has 2 aliphatic rings. The van der Waals surface area contributed by atoms with E-state index in [2.05, 4.69) is 68.6 Å². The lowest BCUT2D eigenvalue weighted by atomic mass is 9.91. The van der Waals surface area contributed by atoms with Crippen molar-refractivity contribution in [1.82, 2.24) is 0 Å². The lowest BCUT2D eigenvalue weighted by Crippen LogP contribution is -2.09. The maximum atomic E-state index is 12.7. The second-order valence-corrected chi connectivity index (χ2v) is 9.82. The number of ether oxygens (including phenoxy) is 1. The van der Waals surface area contributed by atoms with Gasteiger partial charge in [0.05, 0.1) is 28.7 Å². The third-order valence-electron chi connectivity index (χ3n) is 4.78. The van der Waals surface area contributed by atoms with Gasteiger partial charge in [-0.2, -0.15) is 4.89 Å². The quantitative estimate of drug-likeness (QED) is 0.127. The average Bonchev–Trinajstić information content (AvgIpc) is 2.77. The Hall–Kier alpha value is -1.72. The van der Waals surface area contributed by atoms with Crippen molar-refractivity contribution in [3.8, 4) is 28.2 Å². The van der Waals surface area contributed by atoms with Crippen molar-refractivity contribution in [2.75, 3.05) is 14.2 Å². The highest BCUT2D eigenvalue weighted by Gasteiger charge is 2.28. The van der Waals surface area contributed by atoms with Crippen LogP contribution in [0.2, 0.25) is 0 Å². The fourth-order valence-electron chi connectivity index (χ4n) is 3.46. The van der Waals surface area contributed by atoms with E-state index in [0.717, 1.165) is 0 Å². The van der Waals surface area contributed by atoms with Crippen molar-refractivity contribution < 1.29 is 23.7 Å². The molecule has 1 aliphatic carbocycles. The van der Waals surface area contributed by atoms with Gasteiger partial charge in [0.25, 0.3) is 0 Å². The molecule has 0 saturated heterocycles. The Kier molecular flexibility index (Phi) is 6.78. The molecule has 0 radical (unpaired) electrons. The first-order valence-electron chi connectivity index (χ1n) is 8.95. The summed E-state index contributed by atoms with van der Waals surface area (Å²) in [5.74, 6) is 0.185. The van der Waals surface area contributed by atoms with E-state index >= 15 is 0 Å². The van der Waals surface area contributed by atoms with Gasteiger partial charge in [-0.25, -0.2) is 4.79 Å². The van der Waals surface area contributed by atoms with Gasteiger partial charge >= 0.3 is 5.97 Å². The first-order valence-corrected chi connectivity index (χ1v) is 12.1. The van der Waals surface area contributed by atoms with Crippen LogP contribution in [0, 0.1) is 0 Å². The molecule has 0 N–H and O–H groups in total. The zero-order valence-electron chi connectivity index (χ0n) is 16.4. The Morgan fingerprint density at radius 2 is 1.66 bits per heavy atom. The first-order chi connectivity index (χ1) is 15.3. The Morgan fingerprint density at radius 3 is 2.34 bits per heavy atom. The van der Waals surface area contributed by atoms with Gasteiger partial charge in [-0.3, -0.25) is 9.68 Å². The predicted molar refractivity (Wildman–Crippen MR) is 134 cm³/mol. The molecule has 0 bridgehead atoms. The minimum atomic E-state index is -0.657. The molecular formula is C22H12Br4O6. The Bertz CT molecular complexity index is 1410. The van der Waals surface area contributed by atoms with E-state index in [0.29, 0.717) is 52.6 Å². The number of halogens is 4. The lowest BCUT2D eigenvalue weighted by Gasteiger charge is -2.20. The van der Waals surface area contributed by atoms with Crippen molar-refractivity contribution in [2.45, 2.75) is 0 Å². The van der Waals surface area contributed by atoms with Crippen LogP contribution in [0.3, 0.4) is 0 Å². The van der Waals surface area contributed by atoms with Crippen LogP contribution in [-0.4, -0.2) is 20.2 Å². The lowest BCUT2D eigenvalue weighted by molar-refractivity contribution is -0.216. The largest absolute Gasteiger partial charge is 0.494 e. The second kappa shape index (κ2) is 9.26. The molecule has 2 aromatic rings. The predicted octanol–water partition coefficient (Wildman–Crippen LogP) is 7.34. The average molecular weight is 692 g/mol. The van der Waals surface area contributed by atoms with Crippen molar-refractivity contribution in [3.05, 3.63) is 70.1 Å². The van der Waals surface area contributed by atoms with E-state index in [1.807, 2.05) is 6.07 Å². The fourth-order valence-corrected chi connectivity index (χ4v) is 6.19. The number of hydrogen-bond donors (Lipinski definition) is 0. The van der Waals surface area contributed by atoms with Crippen LogP contribution in [0.25, 0.3) is 33.4 Å². The van der Waals surface area contributed by atoms with Gasteiger partial charge in [0.2, 0.25) is 5.43 Å². The molecule has 1 aliphatic heterocycles. The number of methoxy groups -OCH3 is 1. The zero-order chi connectivity index (χ0) is 23.2. The second-order valence-electron chi connectivity index (χ2n) is 6.52. The van der Waals surface area contributed by atoms with Crippen LogP contribution in [0.4, 0.5) is 0 Å². The molecule has 0 atom stereocenters. The molecule has 0 aromatic heterocycles. The fraction of sp³-hybridized carbons (Fsp3) is 0.0909. The van der Waals surface area contributed by atoms with E-state index in [9.17, 15) is 9.59 Å². The van der Waals surface area contributed by atoms with Crippen molar-refractivity contribution in [2.24, 2.45) is 0 Å². The standard InChI is InChI=1S/C22H12Br4O6/c1-29-21-14(24)8-12-15(9-5-3-4-6-10(9)22(28)32-30-2)11-7-13(23)18(27)16(25)19(11)31-20(12)17(21)26/h3-8H,1-2H3. The van der Waals surface area contributed by atoms with Gasteiger partial charge in [-0.1, -0.05) is 18.2 Å². The smallest absolute Gasteiger partial charge is 0.373 e. The van der Waals surface area contributed by atoms with E-state index in [4.69, 9.17) is 14.0 Å². The van der Waals surface area contributed by atoms with Crippen molar-refractivity contribution >= 4 is 80.7 Å². The maximum Gasteiger partial charge on any atom is 0.373 e. The van der Waals surface area contributed by atoms with Crippen LogP contribution in [0.15, 0.2) is 63.5 Å². The highest BCUT2D eigenvalue weighted by molar-refractivity contribution is 9.11. The van der Waals surface area contributed by atoms with Gasteiger partial charge in [0.15, 0.2) is 17.1 Å². The Labute approximate surface area is 215 Å². The van der Waals surface area contributed by atoms with E-state index in [1.165, 1.54) is 14.2 Å². The Balaban J connectivity index is 2.26. The summed E-state index contributed by atoms with van der Waals surface area (Å²) >= 11 is 13.8. The molecular weight excluding hydrogens is 680 g/mol. The molecule has 10 heteroatoms. The van der Waals surface area contributed by atoms with Gasteiger partial charge in [0.1, 0.15) is 8.95 Å². The summed E-state index contributed by atoms with van der Waals surface area (Å²) in [5.41, 5.74) is 2.29. The third kappa shape index (κ3) is 3.81. The van der Waals surface area contributed by atoms with Crippen LogP contribution >= 0.6 is 63.7 Å². The van der Waals surface area contributed by atoms with Crippen LogP contribution in [0.1, 0.15) is 10.4 Å². The molecule has 0 spiro atoms.